The van der Waals surface area contributed by atoms with E-state index in [-0.39, 0.29) is 30.9 Å². The van der Waals surface area contributed by atoms with Crippen molar-refractivity contribution in [2.45, 2.75) is 38.3 Å². The van der Waals surface area contributed by atoms with Crippen LogP contribution < -0.4 is 10.2 Å². The van der Waals surface area contributed by atoms with Crippen molar-refractivity contribution < 1.29 is 27.2 Å². The molecule has 2 aromatic carbocycles. The molecule has 0 aliphatic heterocycles. The van der Waals surface area contributed by atoms with E-state index in [9.17, 15) is 22.8 Å². The lowest BCUT2D eigenvalue weighted by Gasteiger charge is -2.27. The Bertz CT molecular complexity index is 1500. The molecule has 2 amide bonds. The molecule has 0 saturated heterocycles. The van der Waals surface area contributed by atoms with Crippen molar-refractivity contribution >= 4 is 33.8 Å². The van der Waals surface area contributed by atoms with E-state index in [0.29, 0.717) is 16.1 Å². The highest BCUT2D eigenvalue weighted by Gasteiger charge is 2.39. The molecule has 214 valence electrons. The number of anilines is 1. The molecule has 41 heavy (non-hydrogen) atoms. The van der Waals surface area contributed by atoms with Gasteiger partial charge in [0.25, 0.3) is 5.91 Å². The zero-order valence-corrected chi connectivity index (χ0v) is 23.5. The predicted molar refractivity (Wildman–Crippen MR) is 149 cm³/mol. The number of halogens is 4. The number of oxazole rings is 1. The Labute approximate surface area is 242 Å². The van der Waals surface area contributed by atoms with E-state index >= 15 is 0 Å². The van der Waals surface area contributed by atoms with Crippen LogP contribution in [0.5, 0.6) is 0 Å². The maximum atomic E-state index is 13.8. The first-order valence-corrected chi connectivity index (χ1v) is 14.1. The topological polar surface area (TPSA) is 93.3 Å². The third kappa shape index (κ3) is 6.53. The smallest absolute Gasteiger partial charge is 0.422 e. The third-order valence-corrected chi connectivity index (χ3v) is 7.47. The van der Waals surface area contributed by atoms with E-state index in [1.165, 1.54) is 4.90 Å². The highest BCUT2D eigenvalue weighted by Crippen LogP contribution is 2.34. The number of nitrogens with zero attached hydrogens (tertiary/aromatic N) is 4. The first-order chi connectivity index (χ1) is 19.7. The van der Waals surface area contributed by atoms with Crippen LogP contribution in [0.1, 0.15) is 48.2 Å². The van der Waals surface area contributed by atoms with Gasteiger partial charge in [0.2, 0.25) is 5.91 Å². The van der Waals surface area contributed by atoms with Crippen molar-refractivity contribution in [2.75, 3.05) is 18.0 Å². The van der Waals surface area contributed by atoms with Gasteiger partial charge in [-0.3, -0.25) is 14.5 Å². The van der Waals surface area contributed by atoms with Crippen LogP contribution in [0.3, 0.4) is 0 Å². The quantitative estimate of drug-likeness (QED) is 0.235. The SMILES string of the molecule is O=C(NCCN(C(=O)C1CCCCC1)c1nc(Br)c(-c2ccccc2)o1)c1cn(-c2ccccc2)nc1C(F)(F)F. The highest BCUT2D eigenvalue weighted by atomic mass is 79.9. The van der Waals surface area contributed by atoms with Crippen molar-refractivity contribution in [2.24, 2.45) is 5.92 Å². The van der Waals surface area contributed by atoms with Crippen LogP contribution in [-0.4, -0.2) is 39.7 Å². The maximum Gasteiger partial charge on any atom is 0.435 e. The molecule has 1 saturated carbocycles. The fourth-order valence-electron chi connectivity index (χ4n) is 4.88. The second-order valence-electron chi connectivity index (χ2n) is 9.73. The molecule has 1 fully saturated rings. The van der Waals surface area contributed by atoms with Gasteiger partial charge >= 0.3 is 12.2 Å². The largest absolute Gasteiger partial charge is 0.435 e. The number of carbonyl (C=O) groups excluding carboxylic acids is 2. The summed E-state index contributed by atoms with van der Waals surface area (Å²) < 4.78 is 48.7. The molecular weight excluding hydrogens is 603 g/mol. The van der Waals surface area contributed by atoms with Crippen molar-refractivity contribution in [3.05, 3.63) is 82.7 Å². The molecule has 5 rings (SSSR count). The summed E-state index contributed by atoms with van der Waals surface area (Å²) in [5.41, 5.74) is -0.772. The average Bonchev–Trinajstić information content (AvgIpc) is 3.61. The molecule has 0 bridgehead atoms. The molecular formula is C29H27BrF3N5O3. The number of benzene rings is 2. The Morgan fingerprint density at radius 1 is 1.02 bits per heavy atom. The van der Waals surface area contributed by atoms with Crippen LogP contribution in [-0.2, 0) is 11.0 Å². The zero-order chi connectivity index (χ0) is 29.0. The lowest BCUT2D eigenvalue weighted by Crippen LogP contribution is -2.42. The van der Waals surface area contributed by atoms with Crippen molar-refractivity contribution in [3.8, 4) is 17.0 Å². The molecule has 1 aliphatic rings. The van der Waals surface area contributed by atoms with E-state index < -0.39 is 23.3 Å². The summed E-state index contributed by atoms with van der Waals surface area (Å²) in [6, 6.07) is 17.5. The van der Waals surface area contributed by atoms with Gasteiger partial charge in [0.05, 0.1) is 11.3 Å². The van der Waals surface area contributed by atoms with Crippen LogP contribution in [0, 0.1) is 5.92 Å². The summed E-state index contributed by atoms with van der Waals surface area (Å²) in [5, 5.41) is 6.15. The van der Waals surface area contributed by atoms with Gasteiger partial charge in [0.15, 0.2) is 16.1 Å². The Kier molecular flexibility index (Phi) is 8.57. The van der Waals surface area contributed by atoms with Crippen LogP contribution >= 0.6 is 15.9 Å². The molecule has 0 radical (unpaired) electrons. The summed E-state index contributed by atoms with van der Waals surface area (Å²) in [5.74, 6) is -0.941. The number of hydrogen-bond donors (Lipinski definition) is 1. The number of carbonyl (C=O) groups is 2. The Balaban J connectivity index is 1.37. The van der Waals surface area contributed by atoms with Gasteiger partial charge in [0.1, 0.15) is 0 Å². The van der Waals surface area contributed by atoms with Gasteiger partial charge in [-0.25, -0.2) is 4.68 Å². The van der Waals surface area contributed by atoms with E-state index in [4.69, 9.17) is 4.42 Å². The van der Waals surface area contributed by atoms with Crippen molar-refractivity contribution in [1.29, 1.82) is 0 Å². The zero-order valence-electron chi connectivity index (χ0n) is 21.9. The Morgan fingerprint density at radius 3 is 2.34 bits per heavy atom. The van der Waals surface area contributed by atoms with Crippen molar-refractivity contribution in [3.63, 3.8) is 0 Å². The predicted octanol–water partition coefficient (Wildman–Crippen LogP) is 6.65. The summed E-state index contributed by atoms with van der Waals surface area (Å²) in [4.78, 5) is 32.3. The third-order valence-electron chi connectivity index (χ3n) is 6.93. The summed E-state index contributed by atoms with van der Waals surface area (Å²) >= 11 is 3.41. The maximum absolute atomic E-state index is 13.8. The second-order valence-corrected chi connectivity index (χ2v) is 10.5. The number of hydrogen-bond acceptors (Lipinski definition) is 5. The first kappa shape index (κ1) is 28.6. The lowest BCUT2D eigenvalue weighted by atomic mass is 9.88. The van der Waals surface area contributed by atoms with Gasteiger partial charge in [-0.1, -0.05) is 67.8 Å². The summed E-state index contributed by atoms with van der Waals surface area (Å²) in [6.07, 6.45) is 0.574. The number of para-hydroxylation sites is 1. The van der Waals surface area contributed by atoms with Gasteiger partial charge in [-0.15, -0.1) is 0 Å². The molecule has 2 aromatic heterocycles. The fourth-order valence-corrected chi connectivity index (χ4v) is 5.34. The number of alkyl halides is 3. The fraction of sp³-hybridized carbons (Fsp3) is 0.310. The van der Waals surface area contributed by atoms with Gasteiger partial charge in [-0.2, -0.15) is 23.3 Å². The number of aromatic nitrogens is 3. The molecule has 1 aliphatic carbocycles. The average molecular weight is 630 g/mol. The van der Waals surface area contributed by atoms with E-state index in [0.717, 1.165) is 48.5 Å². The Hall–Kier alpha value is -3.93. The molecule has 2 heterocycles. The van der Waals surface area contributed by atoms with E-state index in [1.54, 1.807) is 30.3 Å². The highest BCUT2D eigenvalue weighted by molar-refractivity contribution is 9.10. The minimum absolute atomic E-state index is 0.0452. The minimum Gasteiger partial charge on any atom is -0.422 e. The van der Waals surface area contributed by atoms with E-state index in [1.807, 2.05) is 30.3 Å². The first-order valence-electron chi connectivity index (χ1n) is 13.3. The van der Waals surface area contributed by atoms with E-state index in [2.05, 4.69) is 31.3 Å². The summed E-state index contributed by atoms with van der Waals surface area (Å²) in [6.45, 7) is -0.178. The molecule has 12 heteroatoms. The molecule has 1 N–H and O–H groups in total. The second kappa shape index (κ2) is 12.3. The lowest BCUT2D eigenvalue weighted by molar-refractivity contribution is -0.141. The number of nitrogens with one attached hydrogen (secondary N) is 1. The Morgan fingerprint density at radius 2 is 1.68 bits per heavy atom. The molecule has 0 spiro atoms. The minimum atomic E-state index is -4.84. The van der Waals surface area contributed by atoms with Crippen LogP contribution in [0.25, 0.3) is 17.0 Å². The van der Waals surface area contributed by atoms with Crippen LogP contribution in [0.4, 0.5) is 19.2 Å². The molecule has 0 unspecified atom stereocenters. The van der Waals surface area contributed by atoms with Crippen LogP contribution in [0.15, 0.2) is 75.9 Å². The summed E-state index contributed by atoms with van der Waals surface area (Å²) in [7, 11) is 0. The normalized spacial score (nSPS) is 14.1. The van der Waals surface area contributed by atoms with Crippen molar-refractivity contribution in [1.82, 2.24) is 20.1 Å². The van der Waals surface area contributed by atoms with Gasteiger partial charge in [-0.05, 0) is 40.9 Å². The number of rotatable bonds is 8. The molecule has 4 aromatic rings. The molecule has 8 nitrogen and oxygen atoms in total. The van der Waals surface area contributed by atoms with Crippen LogP contribution in [0.2, 0.25) is 0 Å². The monoisotopic (exact) mass is 629 g/mol. The standard InChI is InChI=1S/C29H27BrF3N5O3/c30-25-23(19-10-4-1-5-11-19)41-28(35-25)37(27(40)20-12-6-2-7-13-20)17-16-34-26(39)22-18-38(21-14-8-3-9-15-21)36-24(22)29(31,32)33/h1,3-5,8-11,14-15,18,20H,2,6-7,12-13,16-17H2,(H,34,39). The number of amides is 2. The van der Waals surface area contributed by atoms with Gasteiger partial charge in [0, 0.05) is 30.8 Å². The molecule has 0 atom stereocenters. The van der Waals surface area contributed by atoms with Gasteiger partial charge < -0.3 is 9.73 Å².